The summed E-state index contributed by atoms with van der Waals surface area (Å²) in [7, 11) is 0. The Morgan fingerprint density at radius 2 is 1.85 bits per heavy atom. The first-order chi connectivity index (χ1) is 19.0. The van der Waals surface area contributed by atoms with Gasteiger partial charge in [-0.15, -0.1) is 11.3 Å². The third-order valence-corrected chi connectivity index (χ3v) is 7.20. The Morgan fingerprint density at radius 3 is 2.64 bits per heavy atom. The molecule has 4 heterocycles. The molecule has 39 heavy (non-hydrogen) atoms. The van der Waals surface area contributed by atoms with E-state index in [0.29, 0.717) is 12.0 Å². The number of benzene rings is 2. The number of nitrogens with one attached hydrogen (secondary N) is 1. The third-order valence-electron chi connectivity index (χ3n) is 6.26. The molecule has 0 aliphatic rings. The van der Waals surface area contributed by atoms with Crippen molar-refractivity contribution in [3.8, 4) is 27.4 Å². The van der Waals surface area contributed by atoms with Crippen molar-refractivity contribution in [1.29, 1.82) is 0 Å². The van der Waals surface area contributed by atoms with E-state index in [1.807, 2.05) is 40.3 Å². The van der Waals surface area contributed by atoms with Gasteiger partial charge in [-0.3, -0.25) is 9.78 Å². The highest BCUT2D eigenvalue weighted by Gasteiger charge is 2.17. The molecule has 0 radical (unpaired) electrons. The lowest BCUT2D eigenvalue weighted by atomic mass is 10.1. The van der Waals surface area contributed by atoms with Crippen molar-refractivity contribution in [2.45, 2.75) is 19.6 Å². The van der Waals surface area contributed by atoms with E-state index in [1.165, 1.54) is 23.5 Å². The highest BCUT2D eigenvalue weighted by atomic mass is 32.1. The normalized spacial score (nSPS) is 11.4. The molecule has 10 heteroatoms. The van der Waals surface area contributed by atoms with Gasteiger partial charge in [0.05, 0.1) is 23.3 Å². The quantitative estimate of drug-likeness (QED) is 0.250. The van der Waals surface area contributed by atoms with Crippen LogP contribution in [-0.4, -0.2) is 31.1 Å². The third kappa shape index (κ3) is 5.32. The fraction of sp³-hybridized carbons (Fsp3) is 0.103. The maximum atomic E-state index is 13.1. The zero-order valence-electron chi connectivity index (χ0n) is 20.4. The van der Waals surface area contributed by atoms with Crippen molar-refractivity contribution >= 4 is 22.4 Å². The number of imidazole rings is 1. The Kier molecular flexibility index (Phi) is 6.68. The lowest BCUT2D eigenvalue weighted by molar-refractivity contribution is -0.0504. The maximum Gasteiger partial charge on any atom is 0.387 e. The van der Waals surface area contributed by atoms with Gasteiger partial charge in [-0.05, 0) is 47.5 Å². The van der Waals surface area contributed by atoms with Crippen molar-refractivity contribution < 1.29 is 13.5 Å². The first kappa shape index (κ1) is 24.6. The minimum absolute atomic E-state index is 0.115. The number of aromatic nitrogens is 5. The molecule has 1 N–H and O–H groups in total. The van der Waals surface area contributed by atoms with Gasteiger partial charge in [-0.25, -0.2) is 9.97 Å². The summed E-state index contributed by atoms with van der Waals surface area (Å²) in [6.45, 7) is -2.67. The Morgan fingerprint density at radius 1 is 0.974 bits per heavy atom. The standard InChI is InChI=1S/C29H21F2N5O2S/c30-29(31)38-25-6-2-1-4-21(25)16-36-24-12-18(19-8-10-27(37)33-15-19)7-9-23(24)35-26(36)13-22-17-39-28(34-22)20-5-3-11-32-14-20/h1-12,14-15,17,29H,13,16H2,(H,33,37). The van der Waals surface area contributed by atoms with Gasteiger partial charge in [0.1, 0.15) is 16.6 Å². The molecule has 0 atom stereocenters. The van der Waals surface area contributed by atoms with Crippen molar-refractivity contribution in [3.05, 3.63) is 118 Å². The zero-order valence-corrected chi connectivity index (χ0v) is 21.2. The van der Waals surface area contributed by atoms with Gasteiger partial charge in [0.2, 0.25) is 5.56 Å². The van der Waals surface area contributed by atoms with E-state index in [2.05, 4.69) is 9.97 Å². The van der Waals surface area contributed by atoms with Gasteiger partial charge in [-0.1, -0.05) is 24.3 Å². The smallest absolute Gasteiger partial charge is 0.387 e. The molecule has 0 aliphatic carbocycles. The second-order valence-electron chi connectivity index (χ2n) is 8.81. The van der Waals surface area contributed by atoms with E-state index in [9.17, 15) is 13.6 Å². The van der Waals surface area contributed by atoms with Crippen LogP contribution >= 0.6 is 11.3 Å². The largest absolute Gasteiger partial charge is 0.434 e. The molecule has 6 aromatic rings. The molecule has 7 nitrogen and oxygen atoms in total. The first-order valence-corrected chi connectivity index (χ1v) is 13.0. The van der Waals surface area contributed by atoms with Crippen LogP contribution in [0.1, 0.15) is 17.1 Å². The minimum Gasteiger partial charge on any atom is -0.434 e. The number of ether oxygens (including phenoxy) is 1. The number of thiazole rings is 1. The van der Waals surface area contributed by atoms with Gasteiger partial charge >= 0.3 is 6.61 Å². The van der Waals surface area contributed by atoms with Crippen LogP contribution in [0.15, 0.2) is 95.5 Å². The minimum atomic E-state index is -2.93. The Labute approximate surface area is 225 Å². The van der Waals surface area contributed by atoms with Crippen LogP contribution in [0.25, 0.3) is 32.7 Å². The summed E-state index contributed by atoms with van der Waals surface area (Å²) in [5.74, 6) is 0.850. The van der Waals surface area contributed by atoms with Gasteiger partial charge in [0, 0.05) is 47.6 Å². The number of aromatic amines is 1. The van der Waals surface area contributed by atoms with Crippen molar-refractivity contribution in [1.82, 2.24) is 24.5 Å². The number of hydrogen-bond donors (Lipinski definition) is 1. The molecule has 0 unspecified atom stereocenters. The van der Waals surface area contributed by atoms with Crippen molar-refractivity contribution in [2.24, 2.45) is 0 Å². The number of H-pyrrole nitrogens is 1. The fourth-order valence-electron chi connectivity index (χ4n) is 4.44. The predicted molar refractivity (Wildman–Crippen MR) is 146 cm³/mol. The molecule has 0 spiro atoms. The number of fused-ring (bicyclic) bond motifs is 1. The van der Waals surface area contributed by atoms with E-state index in [0.717, 1.165) is 44.2 Å². The summed E-state index contributed by atoms with van der Waals surface area (Å²) in [6, 6.07) is 19.7. The molecule has 0 saturated carbocycles. The molecule has 6 rings (SSSR count). The number of pyridine rings is 2. The number of nitrogens with zero attached hydrogens (tertiary/aromatic N) is 4. The molecular formula is C29H21F2N5O2S. The predicted octanol–water partition coefficient (Wildman–Crippen LogP) is 6.15. The highest BCUT2D eigenvalue weighted by molar-refractivity contribution is 7.13. The molecule has 0 amide bonds. The molecule has 0 fully saturated rings. The zero-order chi connectivity index (χ0) is 26.8. The van der Waals surface area contributed by atoms with Crippen LogP contribution in [0.2, 0.25) is 0 Å². The van der Waals surface area contributed by atoms with Crippen LogP contribution in [0.3, 0.4) is 0 Å². The van der Waals surface area contributed by atoms with E-state index >= 15 is 0 Å². The molecule has 0 bridgehead atoms. The van der Waals surface area contributed by atoms with Crippen LogP contribution in [0.5, 0.6) is 5.75 Å². The summed E-state index contributed by atoms with van der Waals surface area (Å²) in [5.41, 5.74) is 5.50. The Hall–Kier alpha value is -4.70. The number of para-hydroxylation sites is 1. The first-order valence-electron chi connectivity index (χ1n) is 12.1. The molecule has 0 saturated heterocycles. The monoisotopic (exact) mass is 541 g/mol. The number of hydrogen-bond acceptors (Lipinski definition) is 6. The van der Waals surface area contributed by atoms with Gasteiger partial charge in [0.25, 0.3) is 0 Å². The molecule has 194 valence electrons. The van der Waals surface area contributed by atoms with Crippen LogP contribution in [-0.2, 0) is 13.0 Å². The van der Waals surface area contributed by atoms with Crippen molar-refractivity contribution in [2.75, 3.05) is 0 Å². The average Bonchev–Trinajstić information content (AvgIpc) is 3.55. The molecule has 0 aliphatic heterocycles. The summed E-state index contributed by atoms with van der Waals surface area (Å²) in [5, 5.41) is 2.85. The van der Waals surface area contributed by atoms with Crippen LogP contribution in [0, 0.1) is 0 Å². The van der Waals surface area contributed by atoms with Crippen LogP contribution < -0.4 is 10.3 Å². The second kappa shape index (κ2) is 10.6. The van der Waals surface area contributed by atoms with Gasteiger partial charge in [-0.2, -0.15) is 8.78 Å². The molecule has 2 aromatic carbocycles. The number of alkyl halides is 2. The van der Waals surface area contributed by atoms with Crippen LogP contribution in [0.4, 0.5) is 8.78 Å². The summed E-state index contributed by atoms with van der Waals surface area (Å²) >= 11 is 1.53. The van der Waals surface area contributed by atoms with Gasteiger partial charge in [0.15, 0.2) is 0 Å². The van der Waals surface area contributed by atoms with Crippen molar-refractivity contribution in [3.63, 3.8) is 0 Å². The number of halogens is 2. The summed E-state index contributed by atoms with van der Waals surface area (Å²) in [6.07, 6.45) is 5.59. The summed E-state index contributed by atoms with van der Waals surface area (Å²) < 4.78 is 33.1. The summed E-state index contributed by atoms with van der Waals surface area (Å²) in [4.78, 5) is 28.1. The number of rotatable bonds is 8. The van der Waals surface area contributed by atoms with Gasteiger partial charge < -0.3 is 14.3 Å². The van der Waals surface area contributed by atoms with E-state index in [1.54, 1.807) is 42.9 Å². The fourth-order valence-corrected chi connectivity index (χ4v) is 5.25. The molecule has 4 aromatic heterocycles. The lowest BCUT2D eigenvalue weighted by Gasteiger charge is -2.14. The van der Waals surface area contributed by atoms with E-state index < -0.39 is 6.61 Å². The van der Waals surface area contributed by atoms with E-state index in [-0.39, 0.29) is 17.9 Å². The second-order valence-corrected chi connectivity index (χ2v) is 9.67. The average molecular weight is 542 g/mol. The Balaban J connectivity index is 1.43. The highest BCUT2D eigenvalue weighted by Crippen LogP contribution is 2.30. The maximum absolute atomic E-state index is 13.1. The topological polar surface area (TPSA) is 85.7 Å². The lowest BCUT2D eigenvalue weighted by Crippen LogP contribution is -2.10. The van der Waals surface area contributed by atoms with E-state index in [4.69, 9.17) is 14.7 Å². The molecular weight excluding hydrogens is 520 g/mol. The SMILES string of the molecule is O=c1ccc(-c2ccc3nc(Cc4csc(-c5cccnc5)n4)n(Cc4ccccc4OC(F)F)c3c2)c[nH]1. The Bertz CT molecular complexity index is 1790.